The van der Waals surface area contributed by atoms with Gasteiger partial charge in [0.25, 0.3) is 5.91 Å². The third-order valence-electron chi connectivity index (χ3n) is 10.5. The van der Waals surface area contributed by atoms with Gasteiger partial charge in [0.05, 0.1) is 22.9 Å². The van der Waals surface area contributed by atoms with Crippen LogP contribution in [-0.2, 0) is 44.8 Å². The summed E-state index contributed by atoms with van der Waals surface area (Å²) in [6.07, 6.45) is 10.7. The van der Waals surface area contributed by atoms with E-state index in [1.54, 1.807) is 53.2 Å². The van der Waals surface area contributed by atoms with Gasteiger partial charge in [-0.25, -0.2) is 4.79 Å². The van der Waals surface area contributed by atoms with E-state index in [-0.39, 0.29) is 38.0 Å². The first kappa shape index (κ1) is 45.3. The zero-order valence-corrected chi connectivity index (χ0v) is 33.8. The minimum atomic E-state index is -1.37. The fraction of sp³-hybridized carbons (Fsp3) is 0.641. The van der Waals surface area contributed by atoms with Crippen molar-refractivity contribution in [2.45, 2.75) is 146 Å². The number of carbonyl (C=O) groups excluding carboxylic acids is 7. The van der Waals surface area contributed by atoms with E-state index in [1.165, 1.54) is 6.92 Å². The Morgan fingerprint density at radius 1 is 0.782 bits per heavy atom. The quantitative estimate of drug-likeness (QED) is 0.0570. The van der Waals surface area contributed by atoms with Crippen molar-refractivity contribution in [2.24, 2.45) is 17.6 Å². The van der Waals surface area contributed by atoms with E-state index in [1.807, 2.05) is 0 Å². The molecule has 1 aromatic rings. The Hall–Kier alpha value is -4.09. The Morgan fingerprint density at radius 3 is 1.87 bits per heavy atom. The first-order valence-corrected chi connectivity index (χ1v) is 20.4. The van der Waals surface area contributed by atoms with Crippen LogP contribution in [0, 0.1) is 11.8 Å². The first-order chi connectivity index (χ1) is 26.3. The van der Waals surface area contributed by atoms with Crippen molar-refractivity contribution in [3.63, 3.8) is 0 Å². The molecular weight excluding hydrogens is 823 g/mol. The van der Waals surface area contributed by atoms with Gasteiger partial charge in [0.2, 0.25) is 29.5 Å². The highest BCUT2D eigenvalue weighted by Crippen LogP contribution is 2.30. The van der Waals surface area contributed by atoms with Gasteiger partial charge in [-0.05, 0) is 43.1 Å². The van der Waals surface area contributed by atoms with Crippen LogP contribution in [0.25, 0.3) is 0 Å². The van der Waals surface area contributed by atoms with E-state index >= 15 is 0 Å². The predicted molar refractivity (Wildman–Crippen MR) is 212 cm³/mol. The van der Waals surface area contributed by atoms with Gasteiger partial charge in [-0.1, -0.05) is 94.5 Å². The molecule has 0 unspecified atom stereocenters. The summed E-state index contributed by atoms with van der Waals surface area (Å²) in [5, 5.41) is 20.5. The fourth-order valence-corrected chi connectivity index (χ4v) is 8.30. The largest absolute Gasteiger partial charge is 0.480 e. The van der Waals surface area contributed by atoms with Crippen LogP contribution >= 0.6 is 22.9 Å². The maximum Gasteiger partial charge on any atom is 0.326 e. The molecular formula is C39H57IN6O9. The van der Waals surface area contributed by atoms with Crippen molar-refractivity contribution in [3.05, 3.63) is 35.9 Å². The van der Waals surface area contributed by atoms with E-state index < -0.39 is 78.0 Å². The minimum absolute atomic E-state index is 0.0222. The Balaban J connectivity index is 1.84. The highest BCUT2D eigenvalue weighted by Gasteiger charge is 2.38. The molecule has 2 fully saturated rings. The van der Waals surface area contributed by atoms with Crippen molar-refractivity contribution in [2.75, 3.05) is 0 Å². The Labute approximate surface area is 336 Å². The highest BCUT2D eigenvalue weighted by molar-refractivity contribution is 14.1. The maximum atomic E-state index is 14.2. The molecule has 1 aromatic carbocycles. The van der Waals surface area contributed by atoms with Gasteiger partial charge < -0.3 is 36.9 Å². The molecule has 15 nitrogen and oxygen atoms in total. The second-order valence-electron chi connectivity index (χ2n) is 14.9. The molecule has 5 atom stereocenters. The summed E-state index contributed by atoms with van der Waals surface area (Å²) in [6.45, 7) is 1.22. The summed E-state index contributed by atoms with van der Waals surface area (Å²) in [4.78, 5) is 103. The standard InChI is InChI=1S/C39H57IN6O9/c1-25(48)42-29(19-20-34(41)49)35(50)44-31(23-27-13-7-3-8-14-27)38(53)46(40)33(21-22-47)37(52)43-30(18-17-26-11-5-2-6-12-26)36(51)45-32(39(54)55)24-28-15-9-4-10-16-28/h4,9-10,15-16,22,26-27,29-33H,2-3,5-8,11-14,17-21,23-24H2,1H3,(H2,41,49)(H,42,48)(H,43,52)(H,44,50)(H,45,51)(H,54,55)/t29-,30-,31-,32-,33-/m0/s1. The molecule has 0 bridgehead atoms. The fourth-order valence-electron chi connectivity index (χ4n) is 7.48. The van der Waals surface area contributed by atoms with Gasteiger partial charge in [-0.3, -0.25) is 31.9 Å². The van der Waals surface area contributed by atoms with Crippen LogP contribution in [0.4, 0.5) is 0 Å². The summed E-state index contributed by atoms with van der Waals surface area (Å²) in [6, 6.07) is 2.76. The topological polar surface area (TPSA) is 234 Å². The molecule has 0 heterocycles. The summed E-state index contributed by atoms with van der Waals surface area (Å²) >= 11 is 1.65. The first-order valence-electron chi connectivity index (χ1n) is 19.4. The third-order valence-corrected chi connectivity index (χ3v) is 11.7. The van der Waals surface area contributed by atoms with E-state index in [0.29, 0.717) is 24.2 Å². The van der Waals surface area contributed by atoms with Crippen LogP contribution in [0.15, 0.2) is 30.3 Å². The van der Waals surface area contributed by atoms with Crippen molar-refractivity contribution in [3.8, 4) is 0 Å². The lowest BCUT2D eigenvalue weighted by molar-refractivity contribution is -0.142. The van der Waals surface area contributed by atoms with Gasteiger partial charge in [0.1, 0.15) is 36.5 Å². The van der Waals surface area contributed by atoms with Crippen molar-refractivity contribution in [1.29, 1.82) is 0 Å². The van der Waals surface area contributed by atoms with Gasteiger partial charge in [0, 0.05) is 26.2 Å². The SMILES string of the molecule is CC(=O)N[C@@H](CCC(N)=O)C(=O)N[C@@H](CC1CCCCC1)C(=O)N(I)[C@@H](CC=O)C(=O)N[C@@H](CCC1CCCCC1)C(=O)N[C@@H](Cc1ccccc1)C(=O)O. The number of primary amides is 1. The Kier molecular flexibility index (Phi) is 19.6. The molecule has 0 saturated heterocycles. The normalized spacial score (nSPS) is 17.6. The zero-order valence-electron chi connectivity index (χ0n) is 31.6. The van der Waals surface area contributed by atoms with Gasteiger partial charge in [-0.2, -0.15) is 0 Å². The molecule has 16 heteroatoms. The Morgan fingerprint density at radius 2 is 1.33 bits per heavy atom. The monoisotopic (exact) mass is 880 g/mol. The van der Waals surface area contributed by atoms with Crippen LogP contribution in [0.2, 0.25) is 0 Å². The number of aliphatic carboxylic acids is 1. The molecule has 2 saturated carbocycles. The summed E-state index contributed by atoms with van der Waals surface area (Å²) < 4.78 is 1.07. The number of aldehydes is 1. The lowest BCUT2D eigenvalue weighted by Gasteiger charge is -2.32. The molecule has 0 aromatic heterocycles. The number of nitrogens with zero attached hydrogens (tertiary/aromatic N) is 1. The minimum Gasteiger partial charge on any atom is -0.480 e. The average Bonchev–Trinajstić information content (AvgIpc) is 3.16. The van der Waals surface area contributed by atoms with Gasteiger partial charge >= 0.3 is 5.97 Å². The number of hydrogen-bond acceptors (Lipinski definition) is 8. The number of benzene rings is 1. The van der Waals surface area contributed by atoms with E-state index in [4.69, 9.17) is 5.73 Å². The molecule has 0 aliphatic heterocycles. The molecule has 0 spiro atoms. The van der Waals surface area contributed by atoms with Crippen LogP contribution in [0.1, 0.15) is 115 Å². The number of carboxylic acids is 1. The van der Waals surface area contributed by atoms with E-state index in [2.05, 4.69) is 21.3 Å². The zero-order chi connectivity index (χ0) is 40.3. The number of amides is 6. The second-order valence-corrected chi connectivity index (χ2v) is 15.9. The number of nitrogens with one attached hydrogen (secondary N) is 4. The van der Waals surface area contributed by atoms with Crippen LogP contribution < -0.4 is 27.0 Å². The molecule has 2 aliphatic carbocycles. The predicted octanol–water partition coefficient (Wildman–Crippen LogP) is 3.01. The number of halogens is 1. The lowest BCUT2D eigenvalue weighted by Crippen LogP contribution is -2.58. The van der Waals surface area contributed by atoms with Crippen LogP contribution in [-0.4, -0.2) is 86.1 Å². The summed E-state index contributed by atoms with van der Waals surface area (Å²) in [5.74, 6) is -4.83. The number of carboxylic acid groups (broad SMARTS) is 1. The maximum absolute atomic E-state index is 14.2. The number of hydrogen-bond donors (Lipinski definition) is 6. The van der Waals surface area contributed by atoms with Crippen LogP contribution in [0.3, 0.4) is 0 Å². The van der Waals surface area contributed by atoms with Gasteiger partial charge in [-0.15, -0.1) is 0 Å². The smallest absolute Gasteiger partial charge is 0.326 e. The number of rotatable bonds is 22. The summed E-state index contributed by atoms with van der Waals surface area (Å²) in [7, 11) is 0. The molecule has 304 valence electrons. The molecule has 2 aliphatic rings. The summed E-state index contributed by atoms with van der Waals surface area (Å²) in [5.41, 5.74) is 5.99. The lowest BCUT2D eigenvalue weighted by atomic mass is 9.84. The molecule has 55 heavy (non-hydrogen) atoms. The van der Waals surface area contributed by atoms with Crippen molar-refractivity contribution >= 4 is 70.6 Å². The van der Waals surface area contributed by atoms with E-state index in [0.717, 1.165) is 67.3 Å². The molecule has 6 amide bonds. The number of nitrogens with two attached hydrogens (primary N) is 1. The van der Waals surface area contributed by atoms with Crippen molar-refractivity contribution < 1.29 is 43.5 Å². The van der Waals surface area contributed by atoms with Crippen molar-refractivity contribution in [1.82, 2.24) is 24.4 Å². The molecule has 0 radical (unpaired) electrons. The van der Waals surface area contributed by atoms with Crippen LogP contribution in [0.5, 0.6) is 0 Å². The van der Waals surface area contributed by atoms with E-state index in [9.17, 15) is 43.5 Å². The highest BCUT2D eigenvalue weighted by atomic mass is 127. The third kappa shape index (κ3) is 15.9. The Bertz CT molecular complexity index is 1470. The second kappa shape index (κ2) is 23.7. The molecule has 3 rings (SSSR count). The number of carbonyl (C=O) groups is 8. The van der Waals surface area contributed by atoms with Gasteiger partial charge in [0.15, 0.2) is 0 Å². The molecule has 7 N–H and O–H groups in total. The average molecular weight is 881 g/mol.